The summed E-state index contributed by atoms with van der Waals surface area (Å²) >= 11 is 9.12. The molecule has 0 aliphatic carbocycles. The maximum absolute atomic E-state index is 12.3. The Morgan fingerprint density at radius 2 is 2.14 bits per heavy atom. The number of hydrogen-bond acceptors (Lipinski definition) is 4. The molecule has 2 aromatic rings. The van der Waals surface area contributed by atoms with Crippen LogP contribution in [0.3, 0.4) is 0 Å². The Bertz CT molecular complexity index is 701. The minimum Gasteiger partial charge on any atom is -0.452 e. The van der Waals surface area contributed by atoms with Gasteiger partial charge in [-0.15, -0.1) is 0 Å². The average molecular weight is 374 g/mol. The lowest BCUT2D eigenvalue weighted by Gasteiger charge is -2.16. The summed E-state index contributed by atoms with van der Waals surface area (Å²) in [7, 11) is 1.56. The molecule has 6 nitrogen and oxygen atoms in total. The van der Waals surface area contributed by atoms with Crippen molar-refractivity contribution < 1.29 is 14.1 Å². The summed E-state index contributed by atoms with van der Waals surface area (Å²) in [4.78, 5) is 23.9. The number of benzene rings is 1. The molecule has 0 N–H and O–H groups in total. The van der Waals surface area contributed by atoms with E-state index in [4.69, 9.17) is 16.0 Å². The highest BCUT2D eigenvalue weighted by Crippen LogP contribution is 2.24. The minimum absolute atomic E-state index is 0.0824. The number of carbonyl (C=O) groups is 1. The van der Waals surface area contributed by atoms with E-state index in [1.54, 1.807) is 19.2 Å². The van der Waals surface area contributed by atoms with Crippen molar-refractivity contribution in [3.05, 3.63) is 61.5 Å². The van der Waals surface area contributed by atoms with Crippen molar-refractivity contribution in [3.8, 4) is 0 Å². The monoisotopic (exact) mass is 372 g/mol. The molecule has 1 aromatic carbocycles. The van der Waals surface area contributed by atoms with E-state index in [9.17, 15) is 14.9 Å². The molecular formula is C13H10BrClN2O4. The van der Waals surface area contributed by atoms with Gasteiger partial charge in [-0.1, -0.05) is 11.6 Å². The first-order valence-electron chi connectivity index (χ1n) is 5.82. The van der Waals surface area contributed by atoms with Crippen LogP contribution < -0.4 is 0 Å². The van der Waals surface area contributed by atoms with Crippen LogP contribution in [0.15, 0.2) is 39.4 Å². The molecule has 1 heterocycles. The van der Waals surface area contributed by atoms with E-state index < -0.39 is 10.8 Å². The number of nitro groups is 1. The molecule has 0 radical (unpaired) electrons. The van der Waals surface area contributed by atoms with Crippen LogP contribution in [0, 0.1) is 10.1 Å². The van der Waals surface area contributed by atoms with Gasteiger partial charge < -0.3 is 9.32 Å². The first-order valence-corrected chi connectivity index (χ1v) is 6.99. The third-order valence-electron chi connectivity index (χ3n) is 2.76. The molecule has 2 rings (SSSR count). The molecular weight excluding hydrogens is 364 g/mol. The van der Waals surface area contributed by atoms with Crippen LogP contribution in [0.1, 0.15) is 16.1 Å². The number of non-ortho nitro benzene ring substituents is 1. The maximum Gasteiger partial charge on any atom is 0.270 e. The number of furan rings is 1. The Morgan fingerprint density at radius 3 is 2.71 bits per heavy atom. The van der Waals surface area contributed by atoms with E-state index >= 15 is 0 Å². The fraction of sp³-hybridized carbons (Fsp3) is 0.154. The quantitative estimate of drug-likeness (QED) is 0.602. The third kappa shape index (κ3) is 3.62. The number of halogens is 2. The summed E-state index contributed by atoms with van der Waals surface area (Å²) in [5.74, 6) is 0.163. The fourth-order valence-electron chi connectivity index (χ4n) is 1.74. The lowest BCUT2D eigenvalue weighted by atomic mass is 10.1. The van der Waals surface area contributed by atoms with Crippen LogP contribution in [-0.2, 0) is 6.54 Å². The molecule has 1 aromatic heterocycles. The molecule has 0 unspecified atom stereocenters. The van der Waals surface area contributed by atoms with E-state index in [1.807, 2.05) is 0 Å². The number of nitro benzene ring substituents is 1. The summed E-state index contributed by atoms with van der Waals surface area (Å²) in [6, 6.07) is 7.20. The second-order valence-electron chi connectivity index (χ2n) is 4.29. The molecule has 0 spiro atoms. The van der Waals surface area contributed by atoms with Crippen LogP contribution in [0.5, 0.6) is 0 Å². The highest BCUT2D eigenvalue weighted by atomic mass is 79.9. The summed E-state index contributed by atoms with van der Waals surface area (Å²) in [5.41, 5.74) is -0.101. The predicted octanol–water partition coefficient (Wildman–Crippen LogP) is 3.88. The Morgan fingerprint density at radius 1 is 1.43 bits per heavy atom. The van der Waals surface area contributed by atoms with Gasteiger partial charge in [-0.05, 0) is 34.1 Å². The molecule has 0 saturated heterocycles. The molecule has 0 aliphatic rings. The van der Waals surface area contributed by atoms with Crippen molar-refractivity contribution in [3.63, 3.8) is 0 Å². The summed E-state index contributed by atoms with van der Waals surface area (Å²) < 4.78 is 5.88. The van der Waals surface area contributed by atoms with E-state index in [1.165, 1.54) is 23.1 Å². The number of nitrogens with zero attached hydrogens (tertiary/aromatic N) is 2. The number of hydrogen-bond donors (Lipinski definition) is 0. The van der Waals surface area contributed by atoms with E-state index in [0.29, 0.717) is 10.4 Å². The van der Waals surface area contributed by atoms with E-state index in [2.05, 4.69) is 15.9 Å². The highest BCUT2D eigenvalue weighted by Gasteiger charge is 2.19. The van der Waals surface area contributed by atoms with Crippen molar-refractivity contribution >= 4 is 39.1 Å². The molecule has 0 saturated carbocycles. The molecule has 1 amide bonds. The van der Waals surface area contributed by atoms with Crippen molar-refractivity contribution in [1.29, 1.82) is 0 Å². The summed E-state index contributed by atoms with van der Waals surface area (Å²) in [6.07, 6.45) is 0. The van der Waals surface area contributed by atoms with Gasteiger partial charge in [-0.2, -0.15) is 0 Å². The lowest BCUT2D eigenvalue weighted by molar-refractivity contribution is -0.384. The molecule has 8 heteroatoms. The third-order valence-corrected chi connectivity index (χ3v) is 3.52. The Kier molecular flexibility index (Phi) is 4.64. The number of amides is 1. The normalized spacial score (nSPS) is 10.4. The first kappa shape index (κ1) is 15.5. The maximum atomic E-state index is 12.3. The van der Waals surface area contributed by atoms with Gasteiger partial charge in [-0.3, -0.25) is 14.9 Å². The van der Waals surface area contributed by atoms with Crippen molar-refractivity contribution in [2.45, 2.75) is 6.54 Å². The second-order valence-corrected chi connectivity index (χ2v) is 5.48. The van der Waals surface area contributed by atoms with E-state index in [-0.39, 0.29) is 22.8 Å². The van der Waals surface area contributed by atoms with Crippen LogP contribution >= 0.6 is 27.5 Å². The van der Waals surface area contributed by atoms with Crippen LogP contribution in [0.4, 0.5) is 5.69 Å². The van der Waals surface area contributed by atoms with Crippen LogP contribution in [0.25, 0.3) is 0 Å². The zero-order chi connectivity index (χ0) is 15.6. The minimum atomic E-state index is -0.573. The standard InChI is InChI=1S/C13H10BrClN2O4/c1-16(7-9-3-5-12(14)21-9)13(18)10-6-8(17(19)20)2-4-11(10)15/h2-6H,7H2,1H3. The molecule has 110 valence electrons. The molecule has 0 fully saturated rings. The molecule has 0 atom stereocenters. The largest absolute Gasteiger partial charge is 0.452 e. The first-order chi connectivity index (χ1) is 9.88. The Balaban J connectivity index is 2.22. The fourth-order valence-corrected chi connectivity index (χ4v) is 2.28. The summed E-state index contributed by atoms with van der Waals surface area (Å²) in [5, 5.41) is 10.9. The summed E-state index contributed by atoms with van der Waals surface area (Å²) in [6.45, 7) is 0.226. The zero-order valence-corrected chi connectivity index (χ0v) is 13.2. The van der Waals surface area contributed by atoms with Crippen molar-refractivity contribution in [1.82, 2.24) is 4.90 Å². The van der Waals surface area contributed by atoms with Gasteiger partial charge in [0.15, 0.2) is 4.67 Å². The van der Waals surface area contributed by atoms with Gasteiger partial charge in [-0.25, -0.2) is 0 Å². The van der Waals surface area contributed by atoms with Gasteiger partial charge in [0.05, 0.1) is 22.1 Å². The van der Waals surface area contributed by atoms with Gasteiger partial charge in [0.25, 0.3) is 11.6 Å². The second kappa shape index (κ2) is 6.28. The average Bonchev–Trinajstić information content (AvgIpc) is 2.83. The number of carbonyl (C=O) groups excluding carboxylic acids is 1. The smallest absolute Gasteiger partial charge is 0.270 e. The Hall–Kier alpha value is -1.86. The zero-order valence-electron chi connectivity index (χ0n) is 10.9. The molecule has 0 bridgehead atoms. The molecule has 21 heavy (non-hydrogen) atoms. The lowest BCUT2D eigenvalue weighted by Crippen LogP contribution is -2.26. The van der Waals surface area contributed by atoms with Crippen molar-refractivity contribution in [2.75, 3.05) is 7.05 Å². The van der Waals surface area contributed by atoms with Crippen LogP contribution in [0.2, 0.25) is 5.02 Å². The van der Waals surface area contributed by atoms with Crippen molar-refractivity contribution in [2.24, 2.45) is 0 Å². The van der Waals surface area contributed by atoms with Gasteiger partial charge in [0, 0.05) is 19.2 Å². The van der Waals surface area contributed by atoms with Crippen LogP contribution in [-0.4, -0.2) is 22.8 Å². The highest BCUT2D eigenvalue weighted by molar-refractivity contribution is 9.10. The topological polar surface area (TPSA) is 76.6 Å². The van der Waals surface area contributed by atoms with Gasteiger partial charge in [0.1, 0.15) is 5.76 Å². The predicted molar refractivity (Wildman–Crippen MR) is 80.3 cm³/mol. The molecule has 0 aliphatic heterocycles. The van der Waals surface area contributed by atoms with Gasteiger partial charge >= 0.3 is 0 Å². The SMILES string of the molecule is CN(Cc1ccc(Br)o1)C(=O)c1cc([N+](=O)[O-])ccc1Cl. The van der Waals surface area contributed by atoms with E-state index in [0.717, 1.165) is 0 Å². The Labute approximate surface area is 133 Å². The van der Waals surface area contributed by atoms with Gasteiger partial charge in [0.2, 0.25) is 0 Å². The number of rotatable bonds is 4.